The molecule has 2 aromatic rings. The van der Waals surface area contributed by atoms with Gasteiger partial charge in [0.2, 0.25) is 11.8 Å². The number of hydrogen-bond acceptors (Lipinski definition) is 4. The Morgan fingerprint density at radius 3 is 1.81 bits per heavy atom. The number of nitriles is 1. The molecule has 6 heteroatoms. The Balaban J connectivity index is 1.53. The SMILES string of the molecule is CN(C)c1ccc(NC(=O)C2CC2C(=O)Nc2ccc(C#N)cc2)cc1. The molecule has 0 bridgehead atoms. The average molecular weight is 348 g/mol. The van der Waals surface area contributed by atoms with Crippen LogP contribution < -0.4 is 15.5 Å². The number of anilines is 3. The fourth-order valence-electron chi connectivity index (χ4n) is 2.72. The molecule has 0 saturated heterocycles. The summed E-state index contributed by atoms with van der Waals surface area (Å²) in [4.78, 5) is 26.5. The normalized spacial score (nSPS) is 17.7. The van der Waals surface area contributed by atoms with Gasteiger partial charge in [-0.3, -0.25) is 9.59 Å². The van der Waals surface area contributed by atoms with Gasteiger partial charge in [-0.05, 0) is 55.0 Å². The Kier molecular flexibility index (Phi) is 4.90. The van der Waals surface area contributed by atoms with E-state index in [4.69, 9.17) is 5.26 Å². The summed E-state index contributed by atoms with van der Waals surface area (Å²) in [7, 11) is 3.91. The van der Waals surface area contributed by atoms with Gasteiger partial charge >= 0.3 is 0 Å². The zero-order chi connectivity index (χ0) is 18.7. The number of amides is 2. The lowest BCUT2D eigenvalue weighted by atomic mass is 10.2. The molecule has 3 rings (SSSR count). The van der Waals surface area contributed by atoms with Crippen molar-refractivity contribution in [2.75, 3.05) is 29.6 Å². The van der Waals surface area contributed by atoms with Crippen molar-refractivity contribution in [3.8, 4) is 6.07 Å². The molecule has 0 aromatic heterocycles. The van der Waals surface area contributed by atoms with E-state index < -0.39 is 0 Å². The maximum atomic E-state index is 12.3. The van der Waals surface area contributed by atoms with Crippen LogP contribution in [-0.4, -0.2) is 25.9 Å². The zero-order valence-corrected chi connectivity index (χ0v) is 14.7. The zero-order valence-electron chi connectivity index (χ0n) is 14.7. The predicted molar refractivity (Wildman–Crippen MR) is 101 cm³/mol. The number of nitrogens with zero attached hydrogens (tertiary/aromatic N) is 2. The molecule has 132 valence electrons. The second-order valence-electron chi connectivity index (χ2n) is 6.56. The molecule has 6 nitrogen and oxygen atoms in total. The van der Waals surface area contributed by atoms with E-state index in [1.165, 1.54) is 0 Å². The Morgan fingerprint density at radius 2 is 1.38 bits per heavy atom. The number of carbonyl (C=O) groups is 2. The molecule has 0 spiro atoms. The highest BCUT2D eigenvalue weighted by Gasteiger charge is 2.48. The second kappa shape index (κ2) is 7.28. The first-order valence-corrected chi connectivity index (χ1v) is 8.37. The molecule has 2 N–H and O–H groups in total. The lowest BCUT2D eigenvalue weighted by Gasteiger charge is -2.13. The van der Waals surface area contributed by atoms with Crippen molar-refractivity contribution in [2.24, 2.45) is 11.8 Å². The van der Waals surface area contributed by atoms with Crippen molar-refractivity contribution < 1.29 is 9.59 Å². The van der Waals surface area contributed by atoms with Gasteiger partial charge in [-0.1, -0.05) is 0 Å². The van der Waals surface area contributed by atoms with E-state index in [-0.39, 0.29) is 23.7 Å². The topological polar surface area (TPSA) is 85.2 Å². The van der Waals surface area contributed by atoms with Crippen LogP contribution in [0.5, 0.6) is 0 Å². The molecular formula is C20H20N4O2. The molecule has 2 unspecified atom stereocenters. The monoisotopic (exact) mass is 348 g/mol. The maximum Gasteiger partial charge on any atom is 0.228 e. The molecule has 1 saturated carbocycles. The van der Waals surface area contributed by atoms with Crippen molar-refractivity contribution in [1.82, 2.24) is 0 Å². The first kappa shape index (κ1) is 17.5. The summed E-state index contributed by atoms with van der Waals surface area (Å²) < 4.78 is 0. The lowest BCUT2D eigenvalue weighted by molar-refractivity contribution is -0.122. The minimum atomic E-state index is -0.313. The van der Waals surface area contributed by atoms with Gasteiger partial charge in [-0.25, -0.2) is 0 Å². The largest absolute Gasteiger partial charge is 0.378 e. The molecule has 26 heavy (non-hydrogen) atoms. The average Bonchev–Trinajstić information content (AvgIpc) is 3.44. The molecule has 2 aromatic carbocycles. The van der Waals surface area contributed by atoms with E-state index in [2.05, 4.69) is 10.6 Å². The maximum absolute atomic E-state index is 12.3. The van der Waals surface area contributed by atoms with Gasteiger partial charge in [0.1, 0.15) is 0 Å². The van der Waals surface area contributed by atoms with Crippen LogP contribution in [0.4, 0.5) is 17.1 Å². The summed E-state index contributed by atoms with van der Waals surface area (Å²) in [6.45, 7) is 0. The molecule has 2 atom stereocenters. The number of rotatable bonds is 5. The van der Waals surface area contributed by atoms with Crippen LogP contribution >= 0.6 is 0 Å². The third-order valence-corrected chi connectivity index (χ3v) is 4.40. The molecule has 0 radical (unpaired) electrons. The Hall–Kier alpha value is -3.33. The molecule has 1 fully saturated rings. The van der Waals surface area contributed by atoms with Crippen molar-refractivity contribution in [3.63, 3.8) is 0 Å². The van der Waals surface area contributed by atoms with Gasteiger partial charge < -0.3 is 15.5 Å². The summed E-state index contributed by atoms with van der Waals surface area (Å²) in [5.41, 5.74) is 2.93. The summed E-state index contributed by atoms with van der Waals surface area (Å²) in [5, 5.41) is 14.4. The molecule has 0 heterocycles. The van der Waals surface area contributed by atoms with Crippen molar-refractivity contribution in [1.29, 1.82) is 5.26 Å². The van der Waals surface area contributed by atoms with Crippen LogP contribution in [0.3, 0.4) is 0 Å². The van der Waals surface area contributed by atoms with E-state index in [1.807, 2.05) is 49.3 Å². The molecule has 1 aliphatic rings. The van der Waals surface area contributed by atoms with Gasteiger partial charge in [0, 0.05) is 31.2 Å². The van der Waals surface area contributed by atoms with Crippen LogP contribution in [-0.2, 0) is 9.59 Å². The van der Waals surface area contributed by atoms with E-state index in [0.29, 0.717) is 17.7 Å². The smallest absolute Gasteiger partial charge is 0.228 e. The number of nitrogens with one attached hydrogen (secondary N) is 2. The summed E-state index contributed by atoms with van der Waals surface area (Å²) in [6, 6.07) is 16.2. The Bertz CT molecular complexity index is 851. The van der Waals surface area contributed by atoms with Crippen LogP contribution in [0.25, 0.3) is 0 Å². The van der Waals surface area contributed by atoms with E-state index in [1.54, 1.807) is 24.3 Å². The van der Waals surface area contributed by atoms with Crippen LogP contribution in [0.1, 0.15) is 12.0 Å². The highest BCUT2D eigenvalue weighted by Crippen LogP contribution is 2.40. The third-order valence-electron chi connectivity index (χ3n) is 4.40. The predicted octanol–water partition coefficient (Wildman–Crippen LogP) is 2.84. The number of carbonyl (C=O) groups excluding carboxylic acids is 2. The molecular weight excluding hydrogens is 328 g/mol. The highest BCUT2D eigenvalue weighted by molar-refractivity contribution is 6.03. The summed E-state index contributed by atoms with van der Waals surface area (Å²) >= 11 is 0. The lowest BCUT2D eigenvalue weighted by Crippen LogP contribution is -2.20. The molecule has 0 aliphatic heterocycles. The minimum absolute atomic E-state index is 0.136. The third kappa shape index (κ3) is 4.01. The Labute approximate surface area is 152 Å². The first-order valence-electron chi connectivity index (χ1n) is 8.37. The van der Waals surface area contributed by atoms with Crippen molar-refractivity contribution in [3.05, 3.63) is 54.1 Å². The quantitative estimate of drug-likeness (QED) is 0.870. The standard InChI is InChI=1S/C20H20N4O2/c1-24(2)16-9-7-15(8-10-16)23-20(26)18-11-17(18)19(25)22-14-5-3-13(12-21)4-6-14/h3-10,17-18H,11H2,1-2H3,(H,22,25)(H,23,26). The fourth-order valence-corrected chi connectivity index (χ4v) is 2.72. The van der Waals surface area contributed by atoms with Gasteiger partial charge in [-0.15, -0.1) is 0 Å². The van der Waals surface area contributed by atoms with Crippen LogP contribution in [0.15, 0.2) is 48.5 Å². The highest BCUT2D eigenvalue weighted by atomic mass is 16.2. The summed E-state index contributed by atoms with van der Waals surface area (Å²) in [5.74, 6) is -0.922. The molecule has 2 amide bonds. The van der Waals surface area contributed by atoms with E-state index >= 15 is 0 Å². The van der Waals surface area contributed by atoms with E-state index in [9.17, 15) is 9.59 Å². The molecule has 1 aliphatic carbocycles. The van der Waals surface area contributed by atoms with Crippen molar-refractivity contribution >= 4 is 28.9 Å². The van der Waals surface area contributed by atoms with Gasteiger partial charge in [-0.2, -0.15) is 5.26 Å². The summed E-state index contributed by atoms with van der Waals surface area (Å²) in [6.07, 6.45) is 0.545. The van der Waals surface area contributed by atoms with Crippen molar-refractivity contribution in [2.45, 2.75) is 6.42 Å². The Morgan fingerprint density at radius 1 is 0.923 bits per heavy atom. The van der Waals surface area contributed by atoms with E-state index in [0.717, 1.165) is 11.4 Å². The van der Waals surface area contributed by atoms with Crippen LogP contribution in [0.2, 0.25) is 0 Å². The second-order valence-corrected chi connectivity index (χ2v) is 6.56. The van der Waals surface area contributed by atoms with Gasteiger partial charge in [0.15, 0.2) is 0 Å². The number of hydrogen-bond donors (Lipinski definition) is 2. The van der Waals surface area contributed by atoms with Crippen LogP contribution in [0, 0.1) is 23.2 Å². The van der Waals surface area contributed by atoms with Gasteiger partial charge in [0.05, 0.1) is 23.5 Å². The number of benzene rings is 2. The fraction of sp³-hybridized carbons (Fsp3) is 0.250. The first-order chi connectivity index (χ1) is 12.5. The van der Waals surface area contributed by atoms with Gasteiger partial charge in [0.25, 0.3) is 0 Å². The minimum Gasteiger partial charge on any atom is -0.378 e.